The lowest BCUT2D eigenvalue weighted by Crippen LogP contribution is -1.98. The van der Waals surface area contributed by atoms with Crippen LogP contribution in [0.1, 0.15) is 70.3 Å². The largest absolute Gasteiger partial charge is 0.494 e. The lowest BCUT2D eigenvalue weighted by atomic mass is 10.1. The summed E-state index contributed by atoms with van der Waals surface area (Å²) >= 11 is 0. The molecule has 0 unspecified atom stereocenters. The molecule has 2 rings (SSSR count). The van der Waals surface area contributed by atoms with Gasteiger partial charge in [0.2, 0.25) is 0 Å². The minimum Gasteiger partial charge on any atom is -0.494 e. The van der Waals surface area contributed by atoms with Gasteiger partial charge in [-0.2, -0.15) is 0 Å². The fourth-order valence-corrected chi connectivity index (χ4v) is 3.07. The molecule has 0 saturated heterocycles. The quantitative estimate of drug-likeness (QED) is 0.221. The molecule has 158 valence electrons. The topological polar surface area (TPSA) is 30.8 Å². The number of unbranched alkanes of at least 4 members (excludes halogenated alkanes) is 7. The second-order valence-electron chi connectivity index (χ2n) is 7.45. The number of aliphatic imine (C=N–C) groups is 1. The van der Waals surface area contributed by atoms with Crippen molar-refractivity contribution < 1.29 is 9.47 Å². The van der Waals surface area contributed by atoms with Crippen LogP contribution in [0.2, 0.25) is 0 Å². The van der Waals surface area contributed by atoms with E-state index in [0.29, 0.717) is 6.61 Å². The highest BCUT2D eigenvalue weighted by molar-refractivity contribution is 5.56. The molecule has 0 radical (unpaired) electrons. The summed E-state index contributed by atoms with van der Waals surface area (Å²) in [6.45, 7) is 4.59. The van der Waals surface area contributed by atoms with Gasteiger partial charge in [0.1, 0.15) is 18.1 Å². The molecule has 0 spiro atoms. The van der Waals surface area contributed by atoms with Gasteiger partial charge in [0.15, 0.2) is 0 Å². The Kier molecular flexibility index (Phi) is 12.4. The molecule has 0 aromatic heterocycles. The molecule has 0 N–H and O–H groups in total. The van der Waals surface area contributed by atoms with Gasteiger partial charge in [-0.1, -0.05) is 69.4 Å². The lowest BCUT2D eigenvalue weighted by molar-refractivity contribution is 0.297. The first-order valence-electron chi connectivity index (χ1n) is 11.3. The van der Waals surface area contributed by atoms with E-state index in [1.807, 2.05) is 42.5 Å². The summed E-state index contributed by atoms with van der Waals surface area (Å²) in [5.74, 6) is 1.78. The first-order chi connectivity index (χ1) is 14.4. The Balaban J connectivity index is 1.45. The zero-order valence-electron chi connectivity index (χ0n) is 18.0. The second kappa shape index (κ2) is 15.6. The van der Waals surface area contributed by atoms with Crippen LogP contribution in [0.4, 0.5) is 0 Å². The molecule has 0 atom stereocenters. The van der Waals surface area contributed by atoms with Crippen molar-refractivity contribution in [1.82, 2.24) is 0 Å². The maximum Gasteiger partial charge on any atom is 0.120 e. The van der Waals surface area contributed by atoms with Gasteiger partial charge in [0.05, 0.1) is 6.61 Å². The maximum absolute atomic E-state index is 5.84. The minimum absolute atomic E-state index is 0.589. The summed E-state index contributed by atoms with van der Waals surface area (Å²) in [6.07, 6.45) is 13.2. The Bertz CT molecular complexity index is 652. The van der Waals surface area contributed by atoms with E-state index in [4.69, 9.17) is 9.47 Å². The minimum atomic E-state index is 0.589. The molecule has 0 aliphatic rings. The number of hydrogen-bond donors (Lipinski definition) is 0. The van der Waals surface area contributed by atoms with Gasteiger partial charge in [0.25, 0.3) is 0 Å². The van der Waals surface area contributed by atoms with E-state index in [1.54, 1.807) is 0 Å². The van der Waals surface area contributed by atoms with E-state index in [0.717, 1.165) is 37.5 Å². The molecule has 0 amide bonds. The molecular weight excluding hydrogens is 358 g/mol. The molecule has 0 bridgehead atoms. The molecule has 3 heteroatoms. The SMILES string of the molecule is CCCCCC=NCCCCCCCOc1ccc(OCc2ccccc2)cc1. The van der Waals surface area contributed by atoms with Crippen molar-refractivity contribution >= 4 is 6.21 Å². The summed E-state index contributed by atoms with van der Waals surface area (Å²) in [6, 6.07) is 18.1. The van der Waals surface area contributed by atoms with Crippen LogP contribution in [0, 0.1) is 0 Å². The molecule has 0 heterocycles. The molecule has 0 aliphatic carbocycles. The van der Waals surface area contributed by atoms with Crippen LogP contribution in [0.25, 0.3) is 0 Å². The Morgan fingerprint density at radius 1 is 0.724 bits per heavy atom. The Labute approximate surface area is 177 Å². The van der Waals surface area contributed by atoms with E-state index >= 15 is 0 Å². The highest BCUT2D eigenvalue weighted by Gasteiger charge is 1.98. The number of rotatable bonds is 16. The van der Waals surface area contributed by atoms with Crippen LogP contribution in [-0.2, 0) is 6.61 Å². The Morgan fingerprint density at radius 3 is 2.17 bits per heavy atom. The highest BCUT2D eigenvalue weighted by atomic mass is 16.5. The van der Waals surface area contributed by atoms with Crippen molar-refractivity contribution in [2.24, 2.45) is 4.99 Å². The maximum atomic E-state index is 5.84. The van der Waals surface area contributed by atoms with Crippen LogP contribution in [0.3, 0.4) is 0 Å². The summed E-state index contributed by atoms with van der Waals surface area (Å²) in [4.78, 5) is 4.49. The van der Waals surface area contributed by atoms with Crippen LogP contribution >= 0.6 is 0 Å². The summed E-state index contributed by atoms with van der Waals surface area (Å²) in [7, 11) is 0. The van der Waals surface area contributed by atoms with Crippen molar-refractivity contribution in [1.29, 1.82) is 0 Å². The number of nitrogens with zero attached hydrogens (tertiary/aromatic N) is 1. The normalized spacial score (nSPS) is 11.1. The standard InChI is InChI=1S/C26H37NO2/c1-2-3-4-11-20-27-21-12-6-5-7-13-22-28-25-16-18-26(19-17-25)29-23-24-14-9-8-10-15-24/h8-10,14-20H,2-7,11-13,21-23H2,1H3. The van der Waals surface area contributed by atoms with E-state index in [-0.39, 0.29) is 0 Å². The summed E-state index contributed by atoms with van der Waals surface area (Å²) in [5, 5.41) is 0. The number of benzene rings is 2. The summed E-state index contributed by atoms with van der Waals surface area (Å²) < 4.78 is 11.6. The van der Waals surface area contributed by atoms with Crippen molar-refractivity contribution in [2.75, 3.05) is 13.2 Å². The third-order valence-electron chi connectivity index (χ3n) is 4.84. The first kappa shape index (κ1) is 23.0. The lowest BCUT2D eigenvalue weighted by Gasteiger charge is -2.09. The fourth-order valence-electron chi connectivity index (χ4n) is 3.07. The highest BCUT2D eigenvalue weighted by Crippen LogP contribution is 2.19. The van der Waals surface area contributed by atoms with E-state index in [1.165, 1.54) is 50.5 Å². The molecule has 3 nitrogen and oxygen atoms in total. The van der Waals surface area contributed by atoms with Gasteiger partial charge < -0.3 is 9.47 Å². The van der Waals surface area contributed by atoms with Crippen molar-refractivity contribution in [2.45, 2.75) is 71.3 Å². The molecule has 0 fully saturated rings. The monoisotopic (exact) mass is 395 g/mol. The van der Waals surface area contributed by atoms with Gasteiger partial charge in [-0.3, -0.25) is 4.99 Å². The van der Waals surface area contributed by atoms with Gasteiger partial charge in [0, 0.05) is 6.54 Å². The van der Waals surface area contributed by atoms with Gasteiger partial charge in [-0.05, 0) is 61.7 Å². The van der Waals surface area contributed by atoms with Gasteiger partial charge in [-0.15, -0.1) is 0 Å². The molecular formula is C26H37NO2. The zero-order valence-corrected chi connectivity index (χ0v) is 18.0. The third kappa shape index (κ3) is 11.3. The Morgan fingerprint density at radius 2 is 1.41 bits per heavy atom. The summed E-state index contributed by atoms with van der Waals surface area (Å²) in [5.41, 5.74) is 1.17. The Hall–Kier alpha value is -2.29. The third-order valence-corrected chi connectivity index (χ3v) is 4.84. The molecule has 2 aromatic rings. The number of hydrogen-bond acceptors (Lipinski definition) is 3. The van der Waals surface area contributed by atoms with Crippen LogP contribution < -0.4 is 9.47 Å². The second-order valence-corrected chi connectivity index (χ2v) is 7.45. The predicted octanol–water partition coefficient (Wildman–Crippen LogP) is 7.25. The molecule has 0 saturated carbocycles. The van der Waals surface area contributed by atoms with E-state index in [2.05, 4.69) is 30.3 Å². The van der Waals surface area contributed by atoms with Crippen LogP contribution in [-0.4, -0.2) is 19.4 Å². The predicted molar refractivity (Wildman–Crippen MR) is 123 cm³/mol. The van der Waals surface area contributed by atoms with Crippen LogP contribution in [0.5, 0.6) is 11.5 Å². The average Bonchev–Trinajstić information content (AvgIpc) is 2.77. The van der Waals surface area contributed by atoms with Crippen molar-refractivity contribution in [3.63, 3.8) is 0 Å². The average molecular weight is 396 g/mol. The fraction of sp³-hybridized carbons (Fsp3) is 0.500. The number of ether oxygens (including phenoxy) is 2. The van der Waals surface area contributed by atoms with Crippen LogP contribution in [0.15, 0.2) is 59.6 Å². The van der Waals surface area contributed by atoms with Crippen molar-refractivity contribution in [3.8, 4) is 11.5 Å². The molecule has 29 heavy (non-hydrogen) atoms. The molecule has 0 aliphatic heterocycles. The first-order valence-corrected chi connectivity index (χ1v) is 11.3. The molecule has 2 aromatic carbocycles. The van der Waals surface area contributed by atoms with Crippen molar-refractivity contribution in [3.05, 3.63) is 60.2 Å². The van der Waals surface area contributed by atoms with E-state index in [9.17, 15) is 0 Å². The van der Waals surface area contributed by atoms with Gasteiger partial charge >= 0.3 is 0 Å². The zero-order chi connectivity index (χ0) is 20.4. The van der Waals surface area contributed by atoms with Gasteiger partial charge in [-0.25, -0.2) is 0 Å². The smallest absolute Gasteiger partial charge is 0.120 e. The van der Waals surface area contributed by atoms with E-state index < -0.39 is 0 Å².